The van der Waals surface area contributed by atoms with Crippen LogP contribution in [-0.4, -0.2) is 18.8 Å². The molecule has 0 spiro atoms. The third-order valence-electron chi connectivity index (χ3n) is 14.3. The fourth-order valence-corrected chi connectivity index (χ4v) is 11.3. The summed E-state index contributed by atoms with van der Waals surface area (Å²) in [5.41, 5.74) is 23.5. The highest BCUT2D eigenvalue weighted by atomic mass is 16.5. The Bertz CT molecular complexity index is 3710. The van der Waals surface area contributed by atoms with E-state index in [1.165, 1.54) is 77.9 Å². The van der Waals surface area contributed by atoms with Crippen molar-refractivity contribution in [3.8, 4) is 56.3 Å². The molecule has 0 radical (unpaired) electrons. The fraction of sp³-hybridized carbons (Fsp3) is 0.129. The zero-order valence-electron chi connectivity index (χ0n) is 39.2. The van der Waals surface area contributed by atoms with Gasteiger partial charge >= 0.3 is 0 Å². The smallest absolute Gasteiger partial charge is 0.145 e. The third-order valence-corrected chi connectivity index (χ3v) is 14.3. The van der Waals surface area contributed by atoms with E-state index >= 15 is 0 Å². The van der Waals surface area contributed by atoms with Crippen LogP contribution in [0.15, 0.2) is 158 Å². The number of ether oxygens (including phenoxy) is 1. The van der Waals surface area contributed by atoms with Gasteiger partial charge in [-0.1, -0.05) is 97.1 Å². The summed E-state index contributed by atoms with van der Waals surface area (Å²) in [4.78, 5) is 10.4. The molecular weight excluding hydrogens is 817 g/mol. The lowest BCUT2D eigenvalue weighted by Gasteiger charge is -2.17. The molecule has 324 valence electrons. The highest BCUT2D eigenvalue weighted by molar-refractivity contribution is 6.15. The van der Waals surface area contributed by atoms with E-state index in [0.29, 0.717) is 0 Å². The topological polar surface area (TPSA) is 43.8 Å². The van der Waals surface area contributed by atoms with Gasteiger partial charge in [-0.25, -0.2) is 9.97 Å². The fourth-order valence-electron chi connectivity index (χ4n) is 11.3. The average molecular weight is 867 g/mol. The van der Waals surface area contributed by atoms with E-state index in [2.05, 4.69) is 210 Å². The van der Waals surface area contributed by atoms with E-state index < -0.39 is 0 Å². The molecule has 0 amide bonds. The van der Waals surface area contributed by atoms with E-state index in [1.54, 1.807) is 0 Å². The Labute approximate surface area is 390 Å². The predicted molar refractivity (Wildman–Crippen MR) is 280 cm³/mol. The lowest BCUT2D eigenvalue weighted by atomic mass is 9.94. The molecule has 8 aromatic carbocycles. The molecule has 4 aromatic heterocycles. The molecule has 0 aliphatic rings. The van der Waals surface area contributed by atoms with Crippen LogP contribution in [0.4, 0.5) is 0 Å². The Hall–Kier alpha value is -8.02. The Balaban J connectivity index is 1.05. The van der Waals surface area contributed by atoms with Crippen molar-refractivity contribution in [3.63, 3.8) is 0 Å². The molecule has 5 heteroatoms. The lowest BCUT2D eigenvalue weighted by molar-refractivity contribution is 0.484. The minimum absolute atomic E-state index is 0.742. The minimum atomic E-state index is 0.742. The van der Waals surface area contributed by atoms with Gasteiger partial charge in [0.15, 0.2) is 0 Å². The van der Waals surface area contributed by atoms with Crippen LogP contribution in [0.1, 0.15) is 44.5 Å². The van der Waals surface area contributed by atoms with E-state index in [0.717, 1.165) is 77.5 Å². The standard InChI is InChI=1S/C62H50N4O/c1-35-13-9-14-36(2)57(35)43-21-25-49-47-27-23-45(31-51(47)61-63-33-55(65(61)53(49)29-43)59-39(5)17-11-18-40(59)6)67-46-24-28-48-50-26-22-44(58-37(3)15-10-16-38(58)4)30-54(50)66-56(34-64-62(66)52(48)32-46)60-41(7)19-12-20-42(60)8/h9-34H,1-8H3. The van der Waals surface area contributed by atoms with E-state index in [-0.39, 0.29) is 0 Å². The highest BCUT2D eigenvalue weighted by Crippen LogP contribution is 2.42. The number of nitrogens with zero attached hydrogens (tertiary/aromatic N) is 4. The number of imidazole rings is 2. The maximum atomic E-state index is 6.91. The number of aryl methyl sites for hydroxylation is 8. The molecule has 0 fully saturated rings. The third kappa shape index (κ3) is 6.29. The highest BCUT2D eigenvalue weighted by Gasteiger charge is 2.21. The summed E-state index contributed by atoms with van der Waals surface area (Å²) < 4.78 is 11.6. The summed E-state index contributed by atoms with van der Waals surface area (Å²) in [7, 11) is 0. The summed E-state index contributed by atoms with van der Waals surface area (Å²) in [6, 6.07) is 52.8. The minimum Gasteiger partial charge on any atom is -0.457 e. The van der Waals surface area contributed by atoms with Gasteiger partial charge in [0.25, 0.3) is 0 Å². The Morgan fingerprint density at radius 1 is 0.328 bits per heavy atom. The van der Waals surface area contributed by atoms with Gasteiger partial charge in [-0.2, -0.15) is 0 Å². The molecular formula is C62H50N4O. The maximum Gasteiger partial charge on any atom is 0.145 e. The summed E-state index contributed by atoms with van der Waals surface area (Å²) >= 11 is 0. The van der Waals surface area contributed by atoms with Crippen molar-refractivity contribution in [3.05, 3.63) is 202 Å². The SMILES string of the molecule is Cc1cccc(C)c1-c1ccc2c3ccc(Oc4ccc5c6ccc(-c7c(C)cccc7C)cc6n6c(-c7c(C)cccc7C)cnc6c5c4)cc3c3ncc(-c4c(C)cccc4C)n3c2c1. The molecule has 0 unspecified atom stereocenters. The Morgan fingerprint density at radius 3 is 1.01 bits per heavy atom. The Kier molecular flexibility index (Phi) is 9.24. The first-order chi connectivity index (χ1) is 32.5. The van der Waals surface area contributed by atoms with Crippen LogP contribution in [0.2, 0.25) is 0 Å². The zero-order valence-corrected chi connectivity index (χ0v) is 39.2. The maximum absolute atomic E-state index is 6.91. The number of rotatable bonds is 6. The summed E-state index contributed by atoms with van der Waals surface area (Å²) in [6.45, 7) is 17.6. The predicted octanol–water partition coefficient (Wildman–Crippen LogP) is 16.5. The summed E-state index contributed by atoms with van der Waals surface area (Å²) in [5, 5.41) is 6.64. The van der Waals surface area contributed by atoms with Crippen molar-refractivity contribution in [2.75, 3.05) is 0 Å². The molecule has 5 nitrogen and oxygen atoms in total. The van der Waals surface area contributed by atoms with Gasteiger partial charge in [0.2, 0.25) is 0 Å². The second kappa shape index (κ2) is 15.3. The molecule has 67 heavy (non-hydrogen) atoms. The largest absolute Gasteiger partial charge is 0.457 e. The van der Waals surface area contributed by atoms with Crippen molar-refractivity contribution in [1.82, 2.24) is 18.8 Å². The van der Waals surface area contributed by atoms with Crippen LogP contribution in [0, 0.1) is 55.4 Å². The number of aromatic nitrogens is 4. The van der Waals surface area contributed by atoms with Crippen molar-refractivity contribution in [1.29, 1.82) is 0 Å². The monoisotopic (exact) mass is 866 g/mol. The van der Waals surface area contributed by atoms with Crippen LogP contribution in [0.5, 0.6) is 11.5 Å². The molecule has 0 bridgehead atoms. The normalized spacial score (nSPS) is 11.9. The molecule has 12 aromatic rings. The van der Waals surface area contributed by atoms with Gasteiger partial charge in [-0.15, -0.1) is 0 Å². The molecule has 4 heterocycles. The van der Waals surface area contributed by atoms with E-state index in [1.807, 2.05) is 12.4 Å². The quantitative estimate of drug-likeness (QED) is 0.156. The van der Waals surface area contributed by atoms with Crippen molar-refractivity contribution in [2.24, 2.45) is 0 Å². The van der Waals surface area contributed by atoms with Crippen LogP contribution in [0.25, 0.3) is 99.4 Å². The van der Waals surface area contributed by atoms with Gasteiger partial charge in [0.1, 0.15) is 22.8 Å². The number of hydrogen-bond acceptors (Lipinski definition) is 3. The molecule has 0 N–H and O–H groups in total. The lowest BCUT2D eigenvalue weighted by Crippen LogP contribution is -1.98. The van der Waals surface area contributed by atoms with Gasteiger partial charge in [-0.3, -0.25) is 8.80 Å². The van der Waals surface area contributed by atoms with Crippen LogP contribution >= 0.6 is 0 Å². The number of fused-ring (bicyclic) bond motifs is 12. The zero-order chi connectivity index (χ0) is 45.8. The van der Waals surface area contributed by atoms with E-state index in [9.17, 15) is 0 Å². The Morgan fingerprint density at radius 2 is 0.657 bits per heavy atom. The van der Waals surface area contributed by atoms with Crippen molar-refractivity contribution >= 4 is 54.6 Å². The second-order valence-corrected chi connectivity index (χ2v) is 18.7. The molecule has 12 rings (SSSR count). The first kappa shape index (κ1) is 40.5. The van der Waals surface area contributed by atoms with Gasteiger partial charge in [-0.05, 0) is 181 Å². The number of benzene rings is 8. The van der Waals surface area contributed by atoms with E-state index in [4.69, 9.17) is 14.7 Å². The van der Waals surface area contributed by atoms with Gasteiger partial charge in [0.05, 0.1) is 34.8 Å². The molecule has 0 aliphatic heterocycles. The van der Waals surface area contributed by atoms with Crippen molar-refractivity contribution < 1.29 is 4.74 Å². The summed E-state index contributed by atoms with van der Waals surface area (Å²) in [5.74, 6) is 1.48. The average Bonchev–Trinajstić information content (AvgIpc) is 3.95. The number of pyridine rings is 2. The van der Waals surface area contributed by atoms with Gasteiger partial charge in [0, 0.05) is 32.7 Å². The van der Waals surface area contributed by atoms with Crippen LogP contribution < -0.4 is 4.74 Å². The molecule has 0 aliphatic carbocycles. The van der Waals surface area contributed by atoms with Crippen molar-refractivity contribution in [2.45, 2.75) is 55.4 Å². The second-order valence-electron chi connectivity index (χ2n) is 18.7. The van der Waals surface area contributed by atoms with Crippen LogP contribution in [-0.2, 0) is 0 Å². The molecule has 0 saturated carbocycles. The summed E-state index contributed by atoms with van der Waals surface area (Å²) in [6.07, 6.45) is 4.09. The van der Waals surface area contributed by atoms with Crippen LogP contribution in [0.3, 0.4) is 0 Å². The number of hydrogen-bond donors (Lipinski definition) is 0. The molecule has 0 saturated heterocycles. The van der Waals surface area contributed by atoms with Gasteiger partial charge < -0.3 is 4.74 Å². The molecule has 0 atom stereocenters. The first-order valence-electron chi connectivity index (χ1n) is 23.2. The first-order valence-corrected chi connectivity index (χ1v) is 23.2.